The summed E-state index contributed by atoms with van der Waals surface area (Å²) in [4.78, 5) is 44.6. The first-order valence-corrected chi connectivity index (χ1v) is 6.65. The van der Waals surface area contributed by atoms with Crippen molar-refractivity contribution in [2.45, 2.75) is 32.9 Å². The molecule has 0 saturated heterocycles. The zero-order chi connectivity index (χ0) is 18.2. The highest BCUT2D eigenvalue weighted by atomic mass is 16.5. The van der Waals surface area contributed by atoms with E-state index in [-0.39, 0.29) is 6.61 Å². The van der Waals surface area contributed by atoms with Crippen LogP contribution in [0.15, 0.2) is 12.2 Å². The summed E-state index contributed by atoms with van der Waals surface area (Å²) in [6.45, 7) is 3.84. The third kappa shape index (κ3) is 7.41. The van der Waals surface area contributed by atoms with Gasteiger partial charge in [-0.1, -0.05) is 13.8 Å². The number of amides is 1. The van der Waals surface area contributed by atoms with Gasteiger partial charge in [0.05, 0.1) is 13.7 Å². The summed E-state index contributed by atoms with van der Waals surface area (Å²) in [5, 5.41) is 20.8. The van der Waals surface area contributed by atoms with Crippen molar-refractivity contribution < 1.29 is 38.9 Å². The maximum Gasteiger partial charge on any atom is 0.331 e. The number of esters is 2. The second-order valence-corrected chi connectivity index (χ2v) is 5.42. The van der Waals surface area contributed by atoms with Gasteiger partial charge < -0.3 is 25.0 Å². The van der Waals surface area contributed by atoms with Gasteiger partial charge in [-0.2, -0.15) is 0 Å². The largest absolute Gasteiger partial charge is 0.480 e. The number of nitrogens with one attached hydrogen (secondary N) is 1. The molecule has 0 aliphatic carbocycles. The van der Waals surface area contributed by atoms with Gasteiger partial charge in [-0.15, -0.1) is 0 Å². The van der Waals surface area contributed by atoms with Gasteiger partial charge in [0.2, 0.25) is 5.91 Å². The quantitative estimate of drug-likeness (QED) is 0.389. The summed E-state index contributed by atoms with van der Waals surface area (Å²) < 4.78 is 9.13. The molecule has 0 aromatic carbocycles. The van der Waals surface area contributed by atoms with E-state index in [0.29, 0.717) is 0 Å². The van der Waals surface area contributed by atoms with Crippen LogP contribution in [-0.4, -0.2) is 59.9 Å². The maximum absolute atomic E-state index is 11.8. The van der Waals surface area contributed by atoms with Gasteiger partial charge >= 0.3 is 17.9 Å². The molecule has 9 nitrogen and oxygen atoms in total. The van der Waals surface area contributed by atoms with Gasteiger partial charge in [-0.3, -0.25) is 9.59 Å². The molecule has 2 atom stereocenters. The van der Waals surface area contributed by atoms with Crippen LogP contribution < -0.4 is 5.32 Å². The second kappa shape index (κ2) is 8.89. The summed E-state index contributed by atoms with van der Waals surface area (Å²) in [6, 6.07) is -1.17. The van der Waals surface area contributed by atoms with Crippen molar-refractivity contribution in [3.8, 4) is 0 Å². The third-order valence-electron chi connectivity index (χ3n) is 2.86. The SMILES string of the molecule is COC(=O)/C=C/C(=O)OCC(C)(C)[C@@H](O)C(=O)N[C@@H](C)C(=O)O. The molecule has 9 heteroatoms. The number of hydrogen-bond donors (Lipinski definition) is 3. The third-order valence-corrected chi connectivity index (χ3v) is 2.86. The molecule has 0 fully saturated rings. The zero-order valence-electron chi connectivity index (χ0n) is 13.4. The monoisotopic (exact) mass is 331 g/mol. The highest BCUT2D eigenvalue weighted by Crippen LogP contribution is 2.21. The summed E-state index contributed by atoms with van der Waals surface area (Å²) in [5.74, 6) is -3.73. The van der Waals surface area contributed by atoms with Crippen molar-refractivity contribution in [3.05, 3.63) is 12.2 Å². The van der Waals surface area contributed by atoms with Crippen molar-refractivity contribution in [2.24, 2.45) is 5.41 Å². The Labute approximate surface area is 133 Å². The van der Waals surface area contributed by atoms with Crippen LogP contribution in [0.3, 0.4) is 0 Å². The summed E-state index contributed by atoms with van der Waals surface area (Å²) in [5.41, 5.74) is -1.17. The molecule has 1 amide bonds. The molecule has 0 saturated carbocycles. The molecule has 0 aliphatic rings. The first kappa shape index (κ1) is 20.6. The molecule has 0 radical (unpaired) electrons. The number of carbonyl (C=O) groups is 4. The first-order valence-electron chi connectivity index (χ1n) is 6.65. The molecule has 0 rings (SSSR count). The highest BCUT2D eigenvalue weighted by Gasteiger charge is 2.35. The van der Waals surface area contributed by atoms with Crippen LogP contribution >= 0.6 is 0 Å². The topological polar surface area (TPSA) is 139 Å². The van der Waals surface area contributed by atoms with Crippen LogP contribution in [0.1, 0.15) is 20.8 Å². The van der Waals surface area contributed by atoms with E-state index in [1.165, 1.54) is 20.8 Å². The molecule has 0 spiro atoms. The zero-order valence-corrected chi connectivity index (χ0v) is 13.4. The number of carboxylic acids is 1. The van der Waals surface area contributed by atoms with E-state index < -0.39 is 41.4 Å². The number of methoxy groups -OCH3 is 1. The molecule has 0 unspecified atom stereocenters. The Balaban J connectivity index is 4.58. The molecule has 3 N–H and O–H groups in total. The lowest BCUT2D eigenvalue weighted by atomic mass is 9.87. The summed E-state index contributed by atoms with van der Waals surface area (Å²) >= 11 is 0. The summed E-state index contributed by atoms with van der Waals surface area (Å²) in [7, 11) is 1.15. The average molecular weight is 331 g/mol. The molecule has 0 bridgehead atoms. The number of hydrogen-bond acceptors (Lipinski definition) is 7. The number of ether oxygens (including phenoxy) is 2. The van der Waals surface area contributed by atoms with E-state index in [9.17, 15) is 24.3 Å². The Bertz CT molecular complexity index is 497. The Morgan fingerprint density at radius 2 is 1.70 bits per heavy atom. The predicted molar refractivity (Wildman–Crippen MR) is 77.1 cm³/mol. The molecule has 0 heterocycles. The minimum atomic E-state index is -1.60. The molecule has 0 aromatic rings. The van der Waals surface area contributed by atoms with E-state index >= 15 is 0 Å². The van der Waals surface area contributed by atoms with Crippen molar-refractivity contribution in [1.29, 1.82) is 0 Å². The van der Waals surface area contributed by atoms with Crippen LogP contribution in [0.25, 0.3) is 0 Å². The lowest BCUT2D eigenvalue weighted by molar-refractivity contribution is -0.150. The average Bonchev–Trinajstić information content (AvgIpc) is 2.49. The number of carboxylic acid groups (broad SMARTS) is 1. The van der Waals surface area contributed by atoms with Crippen molar-refractivity contribution >= 4 is 23.8 Å². The van der Waals surface area contributed by atoms with Crippen LogP contribution in [-0.2, 0) is 28.7 Å². The van der Waals surface area contributed by atoms with E-state index in [1.54, 1.807) is 0 Å². The Morgan fingerprint density at radius 3 is 2.17 bits per heavy atom. The molecular formula is C14H21NO8. The van der Waals surface area contributed by atoms with Crippen LogP contribution in [0, 0.1) is 5.41 Å². The Kier molecular flexibility index (Phi) is 7.95. The standard InChI is InChI=1S/C14H21NO8/c1-8(13(20)21)15-12(19)11(18)14(2,3)7-23-10(17)6-5-9(16)22-4/h5-6,8,11,18H,7H2,1-4H3,(H,15,19)(H,20,21)/b6-5+/t8-,11-/m0/s1. The minimum absolute atomic E-state index is 0.326. The van der Waals surface area contributed by atoms with Gasteiger partial charge in [0, 0.05) is 17.6 Å². The van der Waals surface area contributed by atoms with Gasteiger partial charge in [0.1, 0.15) is 12.1 Å². The minimum Gasteiger partial charge on any atom is -0.480 e. The summed E-state index contributed by atoms with van der Waals surface area (Å²) in [6.07, 6.45) is 0.120. The molecule has 23 heavy (non-hydrogen) atoms. The normalized spacial score (nSPS) is 14.0. The first-order chi connectivity index (χ1) is 10.5. The lowest BCUT2D eigenvalue weighted by Crippen LogP contribution is -2.50. The number of aliphatic hydroxyl groups excluding tert-OH is 1. The fourth-order valence-electron chi connectivity index (χ4n) is 1.30. The lowest BCUT2D eigenvalue weighted by Gasteiger charge is -2.29. The van der Waals surface area contributed by atoms with Gasteiger partial charge in [0.15, 0.2) is 0 Å². The number of rotatable bonds is 8. The molecule has 0 aliphatic heterocycles. The van der Waals surface area contributed by atoms with E-state index in [1.807, 2.05) is 0 Å². The van der Waals surface area contributed by atoms with Gasteiger partial charge in [-0.05, 0) is 6.92 Å². The predicted octanol–water partition coefficient (Wildman–Crippen LogP) is -0.765. The number of aliphatic carboxylic acids is 1. The smallest absolute Gasteiger partial charge is 0.331 e. The Hall–Kier alpha value is -2.42. The maximum atomic E-state index is 11.8. The fraction of sp³-hybridized carbons (Fsp3) is 0.571. The van der Waals surface area contributed by atoms with E-state index in [0.717, 1.165) is 19.3 Å². The van der Waals surface area contributed by atoms with Crippen molar-refractivity contribution in [1.82, 2.24) is 5.32 Å². The van der Waals surface area contributed by atoms with Crippen LogP contribution in [0.2, 0.25) is 0 Å². The molecule has 130 valence electrons. The number of carbonyl (C=O) groups excluding carboxylic acids is 3. The van der Waals surface area contributed by atoms with Crippen LogP contribution in [0.4, 0.5) is 0 Å². The fourth-order valence-corrected chi connectivity index (χ4v) is 1.30. The Morgan fingerprint density at radius 1 is 1.17 bits per heavy atom. The number of aliphatic hydroxyl groups is 1. The van der Waals surface area contributed by atoms with E-state index in [2.05, 4.69) is 10.1 Å². The van der Waals surface area contributed by atoms with Crippen LogP contribution in [0.5, 0.6) is 0 Å². The van der Waals surface area contributed by atoms with Gasteiger partial charge in [-0.25, -0.2) is 9.59 Å². The molecular weight excluding hydrogens is 310 g/mol. The van der Waals surface area contributed by atoms with Crippen molar-refractivity contribution in [3.63, 3.8) is 0 Å². The van der Waals surface area contributed by atoms with Crippen molar-refractivity contribution in [2.75, 3.05) is 13.7 Å². The van der Waals surface area contributed by atoms with Gasteiger partial charge in [0.25, 0.3) is 0 Å². The second-order valence-electron chi connectivity index (χ2n) is 5.42. The van der Waals surface area contributed by atoms with E-state index in [4.69, 9.17) is 9.84 Å². The molecule has 0 aromatic heterocycles. The highest BCUT2D eigenvalue weighted by molar-refractivity contribution is 5.91.